The lowest BCUT2D eigenvalue weighted by molar-refractivity contribution is -0.147. The van der Waals surface area contributed by atoms with E-state index in [1.165, 1.54) is 12.8 Å². The lowest BCUT2D eigenvalue weighted by Crippen LogP contribution is -2.63. The van der Waals surface area contributed by atoms with Gasteiger partial charge >= 0.3 is 5.97 Å². The second-order valence-corrected chi connectivity index (χ2v) is 7.01. The third-order valence-corrected chi connectivity index (χ3v) is 5.06. The summed E-state index contributed by atoms with van der Waals surface area (Å²) in [5.74, 6) is -0.365. The van der Waals surface area contributed by atoms with Gasteiger partial charge in [-0.05, 0) is 58.8 Å². The number of aliphatic carboxylic acids is 1. The topological polar surface area (TPSA) is 52.6 Å². The Hall–Kier alpha value is -0.610. The monoisotopic (exact) mass is 282 g/mol. The molecule has 4 heteroatoms. The Balaban J connectivity index is 2.20. The summed E-state index contributed by atoms with van der Waals surface area (Å²) < 4.78 is 0. The first-order valence-electron chi connectivity index (χ1n) is 8.17. The van der Waals surface area contributed by atoms with E-state index in [0.29, 0.717) is 24.5 Å². The Morgan fingerprint density at radius 3 is 2.45 bits per heavy atom. The Kier molecular flexibility index (Phi) is 4.75. The van der Waals surface area contributed by atoms with Gasteiger partial charge in [0, 0.05) is 24.7 Å². The number of hydrogen-bond donors (Lipinski definition) is 2. The Morgan fingerprint density at radius 1 is 1.35 bits per heavy atom. The van der Waals surface area contributed by atoms with Crippen LogP contribution in [0.3, 0.4) is 0 Å². The highest BCUT2D eigenvalue weighted by atomic mass is 16.4. The van der Waals surface area contributed by atoms with Crippen LogP contribution in [0.25, 0.3) is 0 Å². The van der Waals surface area contributed by atoms with E-state index in [1.807, 2.05) is 13.8 Å². The second kappa shape index (κ2) is 6.02. The van der Waals surface area contributed by atoms with Crippen LogP contribution in [0.2, 0.25) is 0 Å². The summed E-state index contributed by atoms with van der Waals surface area (Å²) in [5, 5.41) is 13.3. The minimum Gasteiger partial charge on any atom is -0.480 e. The maximum absolute atomic E-state index is 12.0. The molecule has 1 aliphatic carbocycles. The van der Waals surface area contributed by atoms with E-state index in [-0.39, 0.29) is 6.04 Å². The predicted octanol–water partition coefficient (Wildman–Crippen LogP) is 2.48. The minimum atomic E-state index is -0.750. The molecule has 0 bridgehead atoms. The molecule has 0 aromatic carbocycles. The fourth-order valence-electron chi connectivity index (χ4n) is 3.82. The number of rotatable bonds is 7. The van der Waals surface area contributed by atoms with Crippen LogP contribution in [-0.2, 0) is 4.79 Å². The summed E-state index contributed by atoms with van der Waals surface area (Å²) in [6, 6.07) is 1.26. The highest BCUT2D eigenvalue weighted by Gasteiger charge is 2.53. The molecule has 4 nitrogen and oxygen atoms in total. The first kappa shape index (κ1) is 15.8. The molecule has 3 atom stereocenters. The van der Waals surface area contributed by atoms with Crippen LogP contribution in [0.5, 0.6) is 0 Å². The molecule has 0 radical (unpaired) electrons. The van der Waals surface area contributed by atoms with Crippen molar-refractivity contribution in [3.8, 4) is 0 Å². The van der Waals surface area contributed by atoms with Crippen LogP contribution < -0.4 is 5.32 Å². The normalized spacial score (nSPS) is 30.6. The van der Waals surface area contributed by atoms with Gasteiger partial charge in [-0.3, -0.25) is 15.0 Å². The van der Waals surface area contributed by atoms with Gasteiger partial charge in [-0.1, -0.05) is 6.92 Å². The van der Waals surface area contributed by atoms with Crippen molar-refractivity contribution in [3.63, 3.8) is 0 Å². The van der Waals surface area contributed by atoms with Crippen molar-refractivity contribution < 1.29 is 9.90 Å². The molecule has 3 unspecified atom stereocenters. The molecular formula is C16H30N2O2. The average Bonchev–Trinajstić information content (AvgIpc) is 3.15. The zero-order valence-electron chi connectivity index (χ0n) is 13.4. The van der Waals surface area contributed by atoms with Gasteiger partial charge in [0.15, 0.2) is 0 Å². The zero-order chi connectivity index (χ0) is 14.9. The van der Waals surface area contributed by atoms with Crippen LogP contribution in [-0.4, -0.2) is 46.2 Å². The standard InChI is InChI=1S/C16H30N2O2/c1-5-14-9-6-12(4)18(14)10-16(15(19)20,13-7-8-13)17-11(2)3/h11-14,17H,5-10H2,1-4H3,(H,19,20). The molecule has 0 amide bonds. The number of nitrogens with one attached hydrogen (secondary N) is 1. The van der Waals surface area contributed by atoms with E-state index in [4.69, 9.17) is 0 Å². The first-order chi connectivity index (χ1) is 9.40. The third-order valence-electron chi connectivity index (χ3n) is 5.06. The van der Waals surface area contributed by atoms with Gasteiger partial charge in [0.1, 0.15) is 5.54 Å². The fourth-order valence-corrected chi connectivity index (χ4v) is 3.82. The lowest BCUT2D eigenvalue weighted by Gasteiger charge is -2.40. The van der Waals surface area contributed by atoms with Crippen LogP contribution in [0.1, 0.15) is 59.8 Å². The SMILES string of the molecule is CCC1CCC(C)N1CC(NC(C)C)(C(=O)O)C1CC1. The maximum atomic E-state index is 12.0. The van der Waals surface area contributed by atoms with Gasteiger partial charge in [0.2, 0.25) is 0 Å². The maximum Gasteiger partial charge on any atom is 0.325 e. The van der Waals surface area contributed by atoms with Crippen molar-refractivity contribution in [2.45, 2.75) is 83.5 Å². The molecular weight excluding hydrogens is 252 g/mol. The van der Waals surface area contributed by atoms with Crippen molar-refractivity contribution in [3.05, 3.63) is 0 Å². The van der Waals surface area contributed by atoms with Crippen molar-refractivity contribution >= 4 is 5.97 Å². The Labute approximate surface area is 122 Å². The molecule has 1 aliphatic heterocycles. The van der Waals surface area contributed by atoms with E-state index in [0.717, 1.165) is 19.3 Å². The van der Waals surface area contributed by atoms with Crippen molar-refractivity contribution in [2.24, 2.45) is 5.92 Å². The largest absolute Gasteiger partial charge is 0.480 e. The van der Waals surface area contributed by atoms with Gasteiger partial charge < -0.3 is 5.11 Å². The van der Waals surface area contributed by atoms with Crippen LogP contribution in [0.15, 0.2) is 0 Å². The molecule has 1 saturated heterocycles. The summed E-state index contributed by atoms with van der Waals surface area (Å²) in [7, 11) is 0. The summed E-state index contributed by atoms with van der Waals surface area (Å²) in [6.45, 7) is 9.20. The lowest BCUT2D eigenvalue weighted by atomic mass is 9.90. The van der Waals surface area contributed by atoms with Gasteiger partial charge in [-0.2, -0.15) is 0 Å². The van der Waals surface area contributed by atoms with Crippen molar-refractivity contribution in [1.82, 2.24) is 10.2 Å². The number of carbonyl (C=O) groups is 1. The molecule has 0 aromatic rings. The predicted molar refractivity (Wildman–Crippen MR) is 80.8 cm³/mol. The number of likely N-dealkylation sites (tertiary alicyclic amines) is 1. The quantitative estimate of drug-likeness (QED) is 0.753. The smallest absolute Gasteiger partial charge is 0.325 e. The molecule has 1 heterocycles. The molecule has 116 valence electrons. The van der Waals surface area contributed by atoms with E-state index in [1.54, 1.807) is 0 Å². The minimum absolute atomic E-state index is 0.199. The van der Waals surface area contributed by atoms with Crippen LogP contribution in [0.4, 0.5) is 0 Å². The first-order valence-corrected chi connectivity index (χ1v) is 8.17. The highest BCUT2D eigenvalue weighted by molar-refractivity contribution is 5.80. The van der Waals surface area contributed by atoms with Gasteiger partial charge in [-0.15, -0.1) is 0 Å². The molecule has 2 N–H and O–H groups in total. The zero-order valence-corrected chi connectivity index (χ0v) is 13.4. The van der Waals surface area contributed by atoms with Crippen LogP contribution >= 0.6 is 0 Å². The van der Waals surface area contributed by atoms with Gasteiger partial charge in [-0.25, -0.2) is 0 Å². The number of nitrogens with zero attached hydrogens (tertiary/aromatic N) is 1. The van der Waals surface area contributed by atoms with Gasteiger partial charge in [0.25, 0.3) is 0 Å². The van der Waals surface area contributed by atoms with Gasteiger partial charge in [0.05, 0.1) is 0 Å². The molecule has 0 aromatic heterocycles. The molecule has 0 spiro atoms. The molecule has 20 heavy (non-hydrogen) atoms. The average molecular weight is 282 g/mol. The van der Waals surface area contributed by atoms with Crippen LogP contribution in [0, 0.1) is 5.92 Å². The number of hydrogen-bond acceptors (Lipinski definition) is 3. The summed E-state index contributed by atoms with van der Waals surface area (Å²) in [4.78, 5) is 14.5. The summed E-state index contributed by atoms with van der Waals surface area (Å²) >= 11 is 0. The molecule has 2 fully saturated rings. The molecule has 2 aliphatic rings. The second-order valence-electron chi connectivity index (χ2n) is 7.01. The fraction of sp³-hybridized carbons (Fsp3) is 0.938. The molecule has 2 rings (SSSR count). The molecule has 1 saturated carbocycles. The Bertz CT molecular complexity index is 354. The third kappa shape index (κ3) is 3.01. The number of carboxylic acid groups (broad SMARTS) is 1. The van der Waals surface area contributed by atoms with Crippen molar-refractivity contribution in [2.75, 3.05) is 6.54 Å². The summed E-state index contributed by atoms with van der Waals surface area (Å²) in [5.41, 5.74) is -0.750. The Morgan fingerprint density at radius 2 is 2.00 bits per heavy atom. The highest BCUT2D eigenvalue weighted by Crippen LogP contribution is 2.42. The number of carboxylic acids is 1. The van der Waals surface area contributed by atoms with Crippen molar-refractivity contribution in [1.29, 1.82) is 0 Å². The van der Waals surface area contributed by atoms with E-state index < -0.39 is 11.5 Å². The van der Waals surface area contributed by atoms with E-state index in [9.17, 15) is 9.90 Å². The van der Waals surface area contributed by atoms with E-state index >= 15 is 0 Å². The van der Waals surface area contributed by atoms with E-state index in [2.05, 4.69) is 24.1 Å². The summed E-state index contributed by atoms with van der Waals surface area (Å²) in [6.07, 6.45) is 5.61.